The van der Waals surface area contributed by atoms with Crippen molar-refractivity contribution in [2.24, 2.45) is 5.41 Å². The Morgan fingerprint density at radius 2 is 1.64 bits per heavy atom. The van der Waals surface area contributed by atoms with Crippen LogP contribution in [0.5, 0.6) is 5.75 Å². The summed E-state index contributed by atoms with van der Waals surface area (Å²) < 4.78 is 5.57. The Morgan fingerprint density at radius 1 is 0.977 bits per heavy atom. The van der Waals surface area contributed by atoms with Crippen molar-refractivity contribution in [3.63, 3.8) is 0 Å². The van der Waals surface area contributed by atoms with Crippen molar-refractivity contribution in [2.45, 2.75) is 76.5 Å². The quantitative estimate of drug-likeness (QED) is 0.464. The number of carbonyl (C=O) groups is 1. The average molecular weight is 608 g/mol. The molecule has 44 heavy (non-hydrogen) atoms. The maximum atomic E-state index is 12.5. The Bertz CT molecular complexity index is 1320. The number of aromatic hydroxyl groups is 1. The van der Waals surface area contributed by atoms with Crippen molar-refractivity contribution in [3.05, 3.63) is 30.3 Å². The molecule has 0 atom stereocenters. The molecule has 1 saturated carbocycles. The van der Waals surface area contributed by atoms with E-state index in [1.807, 2.05) is 43.9 Å². The molecular formula is C33H49N7O4. The molecule has 11 nitrogen and oxygen atoms in total. The number of para-hydroxylation sites is 1. The van der Waals surface area contributed by atoms with Crippen LogP contribution in [0.25, 0.3) is 11.3 Å². The number of nitrogens with zero attached hydrogens (tertiary/aromatic N) is 6. The summed E-state index contributed by atoms with van der Waals surface area (Å²) in [5.74, 6) is 0.514. The van der Waals surface area contributed by atoms with Gasteiger partial charge in [-0.15, -0.1) is 10.2 Å². The highest BCUT2D eigenvalue weighted by molar-refractivity contribution is 5.74. The topological polar surface area (TPSA) is 132 Å². The summed E-state index contributed by atoms with van der Waals surface area (Å²) in [6.45, 7) is 13.5. The molecule has 4 N–H and O–H groups in total. The third-order valence-corrected chi connectivity index (χ3v) is 10.3. The molecule has 3 saturated heterocycles. The Labute approximate surface area is 261 Å². The van der Waals surface area contributed by atoms with Crippen LogP contribution in [-0.4, -0.2) is 117 Å². The van der Waals surface area contributed by atoms with Gasteiger partial charge in [0, 0.05) is 70.5 Å². The zero-order valence-electron chi connectivity index (χ0n) is 26.5. The van der Waals surface area contributed by atoms with E-state index in [2.05, 4.69) is 24.9 Å². The number of anilines is 2. The van der Waals surface area contributed by atoms with Gasteiger partial charge in [0.15, 0.2) is 5.82 Å². The molecule has 4 aliphatic rings. The minimum atomic E-state index is -0.725. The smallest absolute Gasteiger partial charge is 0.410 e. The van der Waals surface area contributed by atoms with Crippen LogP contribution in [0.2, 0.25) is 0 Å². The number of phenolic OH excluding ortho intramolecular Hbond substituents is 1. The van der Waals surface area contributed by atoms with Gasteiger partial charge in [0.05, 0.1) is 17.0 Å². The van der Waals surface area contributed by atoms with Crippen LogP contribution in [0.3, 0.4) is 0 Å². The lowest BCUT2D eigenvalue weighted by atomic mass is 9.60. The number of benzene rings is 1. The Balaban J connectivity index is 0.942. The highest BCUT2D eigenvalue weighted by atomic mass is 16.6. The van der Waals surface area contributed by atoms with Gasteiger partial charge in [-0.3, -0.25) is 9.80 Å². The van der Waals surface area contributed by atoms with Crippen LogP contribution in [0, 0.1) is 5.41 Å². The van der Waals surface area contributed by atoms with Crippen molar-refractivity contribution in [1.29, 1.82) is 0 Å². The largest absolute Gasteiger partial charge is 0.507 e. The number of aromatic nitrogens is 2. The highest BCUT2D eigenvalue weighted by Crippen LogP contribution is 2.51. The van der Waals surface area contributed by atoms with E-state index in [0.717, 1.165) is 57.8 Å². The number of phenols is 1. The van der Waals surface area contributed by atoms with Gasteiger partial charge in [0.1, 0.15) is 11.4 Å². The summed E-state index contributed by atoms with van der Waals surface area (Å²) in [7, 11) is 0. The number of nitrogens with two attached hydrogens (primary N) is 1. The maximum Gasteiger partial charge on any atom is 0.410 e. The lowest BCUT2D eigenvalue weighted by Gasteiger charge is -2.56. The number of piperazine rings is 1. The maximum absolute atomic E-state index is 12.5. The fraction of sp³-hybridized carbons (Fsp3) is 0.667. The van der Waals surface area contributed by atoms with Crippen LogP contribution in [0.4, 0.5) is 16.3 Å². The van der Waals surface area contributed by atoms with Crippen molar-refractivity contribution in [3.8, 4) is 17.0 Å². The molecule has 4 fully saturated rings. The zero-order chi connectivity index (χ0) is 31.1. The van der Waals surface area contributed by atoms with E-state index in [-0.39, 0.29) is 11.8 Å². The minimum Gasteiger partial charge on any atom is -0.507 e. The first-order valence-electron chi connectivity index (χ1n) is 16.2. The Morgan fingerprint density at radius 3 is 2.27 bits per heavy atom. The van der Waals surface area contributed by atoms with Crippen molar-refractivity contribution >= 4 is 17.6 Å². The van der Waals surface area contributed by atoms with E-state index in [1.165, 1.54) is 12.8 Å². The van der Waals surface area contributed by atoms with Gasteiger partial charge in [-0.2, -0.15) is 0 Å². The van der Waals surface area contributed by atoms with Gasteiger partial charge >= 0.3 is 6.09 Å². The number of piperidine rings is 2. The summed E-state index contributed by atoms with van der Waals surface area (Å²) >= 11 is 0. The summed E-state index contributed by atoms with van der Waals surface area (Å²) in [5.41, 5.74) is 7.42. The number of nitrogen functional groups attached to an aromatic ring is 1. The standard InChI is InChI=1S/C33H49N7O4/c1-31(2,3)44-30(42)40-12-8-32(9-13-40)21-24(22-32)38-18-16-37(17-19-38)23-33(43)10-14-39(15-11-33)27-20-26(35-36-29(27)34)25-6-4-5-7-28(25)41/h4-7,20,24,41,43H,8-19,21-23H2,1-3H3,(H2,34,36). The highest BCUT2D eigenvalue weighted by Gasteiger charge is 2.49. The zero-order valence-corrected chi connectivity index (χ0v) is 26.5. The fourth-order valence-corrected chi connectivity index (χ4v) is 7.59. The van der Waals surface area contributed by atoms with Gasteiger partial charge in [0.2, 0.25) is 0 Å². The first-order chi connectivity index (χ1) is 20.9. The number of amides is 1. The molecule has 6 rings (SSSR count). The van der Waals surface area contributed by atoms with Gasteiger partial charge in [0.25, 0.3) is 0 Å². The van der Waals surface area contributed by atoms with Crippen molar-refractivity contribution in [1.82, 2.24) is 24.9 Å². The molecule has 11 heteroatoms. The van der Waals surface area contributed by atoms with Crippen molar-refractivity contribution < 1.29 is 19.7 Å². The molecule has 1 aliphatic carbocycles. The van der Waals surface area contributed by atoms with Gasteiger partial charge in [-0.1, -0.05) is 12.1 Å². The average Bonchev–Trinajstić information content (AvgIpc) is 2.97. The summed E-state index contributed by atoms with van der Waals surface area (Å²) in [5, 5.41) is 30.2. The third kappa shape index (κ3) is 6.74. The van der Waals surface area contributed by atoms with E-state index < -0.39 is 11.2 Å². The Hall–Kier alpha value is -3.15. The second kappa shape index (κ2) is 12.0. The second-order valence-electron chi connectivity index (χ2n) is 14.6. The lowest BCUT2D eigenvalue weighted by Crippen LogP contribution is -2.61. The van der Waals surface area contributed by atoms with Crippen LogP contribution < -0.4 is 10.6 Å². The van der Waals surface area contributed by atoms with Crippen LogP contribution >= 0.6 is 0 Å². The molecule has 3 aliphatic heterocycles. The lowest BCUT2D eigenvalue weighted by molar-refractivity contribution is -0.0688. The number of aliphatic hydroxyl groups is 1. The molecule has 240 valence electrons. The Kier molecular flexibility index (Phi) is 8.40. The number of hydrogen-bond donors (Lipinski definition) is 3. The molecule has 1 aromatic carbocycles. The number of ether oxygens (including phenoxy) is 1. The predicted molar refractivity (Wildman–Crippen MR) is 170 cm³/mol. The van der Waals surface area contributed by atoms with Crippen LogP contribution in [0.15, 0.2) is 30.3 Å². The first-order valence-corrected chi connectivity index (χ1v) is 16.2. The first kappa shape index (κ1) is 30.9. The number of carbonyl (C=O) groups excluding carboxylic acids is 1. The van der Waals surface area contributed by atoms with Gasteiger partial charge in [-0.05, 0) is 82.9 Å². The van der Waals surface area contributed by atoms with Gasteiger partial charge in [-0.25, -0.2) is 4.79 Å². The van der Waals surface area contributed by atoms with E-state index in [0.29, 0.717) is 61.0 Å². The SMILES string of the molecule is CC(C)(C)OC(=O)N1CCC2(CC1)CC(N1CCN(CC3(O)CCN(c4cc(-c5ccccc5O)nnc4N)CC3)CC1)C2. The molecule has 2 aromatic rings. The van der Waals surface area contributed by atoms with E-state index in [1.54, 1.807) is 12.1 Å². The minimum absolute atomic E-state index is 0.156. The molecule has 4 heterocycles. The van der Waals surface area contributed by atoms with Crippen LogP contribution in [-0.2, 0) is 4.74 Å². The van der Waals surface area contributed by atoms with E-state index >= 15 is 0 Å². The van der Waals surface area contributed by atoms with E-state index in [4.69, 9.17) is 10.5 Å². The molecule has 0 bridgehead atoms. The normalized spacial score (nSPS) is 23.0. The monoisotopic (exact) mass is 607 g/mol. The fourth-order valence-electron chi connectivity index (χ4n) is 7.59. The predicted octanol–water partition coefficient (Wildman–Crippen LogP) is 3.56. The summed E-state index contributed by atoms with van der Waals surface area (Å²) in [6, 6.07) is 9.60. The molecule has 1 amide bonds. The third-order valence-electron chi connectivity index (χ3n) is 10.3. The van der Waals surface area contributed by atoms with Crippen molar-refractivity contribution in [2.75, 3.05) is 69.5 Å². The second-order valence-corrected chi connectivity index (χ2v) is 14.6. The molecule has 1 aromatic heterocycles. The number of likely N-dealkylation sites (tertiary alicyclic amines) is 1. The van der Waals surface area contributed by atoms with Gasteiger partial charge < -0.3 is 30.5 Å². The number of β-amino-alcohol motifs (C(OH)–C–C–N with tert-alkyl or cyclic N) is 1. The van der Waals surface area contributed by atoms with E-state index in [9.17, 15) is 15.0 Å². The molecule has 1 spiro atoms. The molecule has 0 radical (unpaired) electrons. The molecule has 0 unspecified atom stereocenters. The number of hydrogen-bond acceptors (Lipinski definition) is 10. The summed E-state index contributed by atoms with van der Waals surface area (Å²) in [4.78, 5) is 21.6. The van der Waals surface area contributed by atoms with Crippen LogP contribution in [0.1, 0.15) is 59.3 Å². The molecular weight excluding hydrogens is 558 g/mol. The number of rotatable bonds is 5. The summed E-state index contributed by atoms with van der Waals surface area (Å²) in [6.07, 6.45) is 5.75.